The predicted octanol–water partition coefficient (Wildman–Crippen LogP) is 3.73. The Morgan fingerprint density at radius 3 is 2.46 bits per heavy atom. The van der Waals surface area contributed by atoms with Gasteiger partial charge in [0, 0.05) is 11.6 Å². The van der Waals surface area contributed by atoms with Gasteiger partial charge in [-0.05, 0) is 29.8 Å². The molecular formula is C20H17ClN2O3. The maximum Gasteiger partial charge on any atom is 0.278 e. The molecule has 132 valence electrons. The van der Waals surface area contributed by atoms with Crippen LogP contribution < -0.4 is 10.1 Å². The van der Waals surface area contributed by atoms with Gasteiger partial charge in [-0.1, -0.05) is 41.9 Å². The summed E-state index contributed by atoms with van der Waals surface area (Å²) in [4.78, 5) is 26.8. The largest absolute Gasteiger partial charge is 0.495 e. The number of carbonyl (C=O) groups is 2. The topological polar surface area (TPSA) is 58.6 Å². The lowest BCUT2D eigenvalue weighted by Crippen LogP contribution is -2.32. The number of nitrogens with zero attached hydrogens (tertiary/aromatic N) is 1. The number of amides is 2. The third-order valence-electron chi connectivity index (χ3n) is 3.98. The maximum atomic E-state index is 12.8. The fourth-order valence-corrected chi connectivity index (χ4v) is 2.88. The number of methoxy groups -OCH3 is 1. The van der Waals surface area contributed by atoms with Gasteiger partial charge in [-0.25, -0.2) is 0 Å². The monoisotopic (exact) mass is 368 g/mol. The molecular weight excluding hydrogens is 352 g/mol. The number of ether oxygens (including phenoxy) is 1. The molecule has 0 bridgehead atoms. The SMILES string of the molecule is C=CCN1C(=O)C(Nc2ccccc2OC)=C(c2ccc(Cl)cc2)C1=O. The molecule has 1 heterocycles. The lowest BCUT2D eigenvalue weighted by molar-refractivity contribution is -0.136. The van der Waals surface area contributed by atoms with Gasteiger partial charge in [-0.3, -0.25) is 14.5 Å². The van der Waals surface area contributed by atoms with Crippen LogP contribution in [0.5, 0.6) is 5.75 Å². The van der Waals surface area contributed by atoms with Crippen LogP contribution in [0.2, 0.25) is 5.02 Å². The highest BCUT2D eigenvalue weighted by molar-refractivity contribution is 6.37. The Kier molecular flexibility index (Phi) is 5.09. The molecule has 0 saturated carbocycles. The molecule has 26 heavy (non-hydrogen) atoms. The first-order chi connectivity index (χ1) is 12.6. The fraction of sp³-hybridized carbons (Fsp3) is 0.100. The molecule has 0 spiro atoms. The Morgan fingerprint density at radius 1 is 1.12 bits per heavy atom. The Bertz CT molecular complexity index is 904. The van der Waals surface area contributed by atoms with Crippen molar-refractivity contribution in [3.8, 4) is 5.75 Å². The van der Waals surface area contributed by atoms with Crippen LogP contribution >= 0.6 is 11.6 Å². The summed E-state index contributed by atoms with van der Waals surface area (Å²) in [6.07, 6.45) is 1.52. The van der Waals surface area contributed by atoms with Crippen LogP contribution in [0.4, 0.5) is 5.69 Å². The molecule has 0 atom stereocenters. The smallest absolute Gasteiger partial charge is 0.278 e. The number of carbonyl (C=O) groups excluding carboxylic acids is 2. The number of benzene rings is 2. The van der Waals surface area contributed by atoms with Gasteiger partial charge in [-0.2, -0.15) is 0 Å². The van der Waals surface area contributed by atoms with E-state index < -0.39 is 5.91 Å². The molecule has 0 aliphatic carbocycles. The lowest BCUT2D eigenvalue weighted by Gasteiger charge is -2.13. The molecule has 6 heteroatoms. The summed E-state index contributed by atoms with van der Waals surface area (Å²) < 4.78 is 5.32. The van der Waals surface area contributed by atoms with E-state index in [1.54, 1.807) is 43.5 Å². The van der Waals surface area contributed by atoms with Crippen molar-refractivity contribution in [1.29, 1.82) is 0 Å². The second-order valence-corrected chi connectivity index (χ2v) is 6.03. The van der Waals surface area contributed by atoms with E-state index in [9.17, 15) is 9.59 Å². The first kappa shape index (κ1) is 17.8. The number of nitrogens with one attached hydrogen (secondary N) is 1. The van der Waals surface area contributed by atoms with Crippen molar-refractivity contribution in [1.82, 2.24) is 4.90 Å². The fourth-order valence-electron chi connectivity index (χ4n) is 2.75. The molecule has 5 nitrogen and oxygen atoms in total. The first-order valence-corrected chi connectivity index (χ1v) is 8.32. The van der Waals surface area contributed by atoms with E-state index in [1.807, 2.05) is 12.1 Å². The van der Waals surface area contributed by atoms with Crippen molar-refractivity contribution in [2.24, 2.45) is 0 Å². The zero-order valence-electron chi connectivity index (χ0n) is 14.2. The molecule has 0 radical (unpaired) electrons. The van der Waals surface area contributed by atoms with Gasteiger partial charge >= 0.3 is 0 Å². The molecule has 2 aromatic carbocycles. The normalized spacial score (nSPS) is 14.0. The summed E-state index contributed by atoms with van der Waals surface area (Å²) >= 11 is 5.94. The molecule has 1 N–H and O–H groups in total. The minimum Gasteiger partial charge on any atom is -0.495 e. The highest BCUT2D eigenvalue weighted by Gasteiger charge is 2.38. The van der Waals surface area contributed by atoms with Crippen LogP contribution in [-0.2, 0) is 9.59 Å². The molecule has 1 aliphatic rings. The van der Waals surface area contributed by atoms with Crippen LogP contribution in [0.25, 0.3) is 5.57 Å². The van der Waals surface area contributed by atoms with E-state index in [2.05, 4.69) is 11.9 Å². The van der Waals surface area contributed by atoms with Gasteiger partial charge in [0.25, 0.3) is 11.8 Å². The van der Waals surface area contributed by atoms with Crippen LogP contribution in [0.3, 0.4) is 0 Å². The number of halogens is 1. The molecule has 3 rings (SSSR count). The first-order valence-electron chi connectivity index (χ1n) is 7.94. The van der Waals surface area contributed by atoms with E-state index in [-0.39, 0.29) is 18.1 Å². The molecule has 0 saturated heterocycles. The van der Waals surface area contributed by atoms with Crippen molar-refractivity contribution in [3.05, 3.63) is 77.5 Å². The highest BCUT2D eigenvalue weighted by Crippen LogP contribution is 2.33. The third-order valence-corrected chi connectivity index (χ3v) is 4.23. The zero-order valence-corrected chi connectivity index (χ0v) is 14.9. The minimum atomic E-state index is -0.411. The van der Waals surface area contributed by atoms with E-state index in [0.29, 0.717) is 27.6 Å². The van der Waals surface area contributed by atoms with Crippen molar-refractivity contribution in [2.75, 3.05) is 19.0 Å². The Labute approximate surface area is 156 Å². The molecule has 2 amide bonds. The third kappa shape index (κ3) is 3.21. The zero-order chi connectivity index (χ0) is 18.7. The quantitative estimate of drug-likeness (QED) is 0.623. The van der Waals surface area contributed by atoms with Gasteiger partial charge in [0.15, 0.2) is 0 Å². The minimum absolute atomic E-state index is 0.131. The maximum absolute atomic E-state index is 12.8. The highest BCUT2D eigenvalue weighted by atomic mass is 35.5. The van der Waals surface area contributed by atoms with Gasteiger partial charge in [0.1, 0.15) is 11.4 Å². The molecule has 2 aromatic rings. The predicted molar refractivity (Wildman–Crippen MR) is 102 cm³/mol. The number of para-hydroxylation sites is 2. The van der Waals surface area contributed by atoms with E-state index in [0.717, 1.165) is 4.90 Å². The summed E-state index contributed by atoms with van der Waals surface area (Å²) in [5.74, 6) is -0.224. The number of imide groups is 1. The average molecular weight is 369 g/mol. The second-order valence-electron chi connectivity index (χ2n) is 5.59. The van der Waals surface area contributed by atoms with Crippen LogP contribution in [-0.4, -0.2) is 30.4 Å². The Balaban J connectivity index is 2.10. The number of rotatable bonds is 6. The van der Waals surface area contributed by atoms with Crippen LogP contribution in [0, 0.1) is 0 Å². The van der Waals surface area contributed by atoms with Crippen molar-refractivity contribution >= 4 is 34.7 Å². The molecule has 0 fully saturated rings. The van der Waals surface area contributed by atoms with Gasteiger partial charge in [0.05, 0.1) is 18.4 Å². The van der Waals surface area contributed by atoms with Crippen molar-refractivity contribution in [3.63, 3.8) is 0 Å². The van der Waals surface area contributed by atoms with E-state index in [1.165, 1.54) is 6.08 Å². The summed E-state index contributed by atoms with van der Waals surface area (Å²) in [5.41, 5.74) is 1.69. The number of anilines is 1. The van der Waals surface area contributed by atoms with Gasteiger partial charge < -0.3 is 10.1 Å². The standard InChI is InChI=1S/C20H17ClN2O3/c1-3-12-23-19(24)17(13-8-10-14(21)11-9-13)18(20(23)25)22-15-6-4-5-7-16(15)26-2/h3-11,22H,1,12H2,2H3. The summed E-state index contributed by atoms with van der Waals surface area (Å²) in [6.45, 7) is 3.75. The van der Waals surface area contributed by atoms with Crippen molar-refractivity contribution < 1.29 is 14.3 Å². The summed E-state index contributed by atoms with van der Waals surface area (Å²) in [7, 11) is 1.54. The molecule has 0 aromatic heterocycles. The number of hydrogen-bond acceptors (Lipinski definition) is 4. The number of hydrogen-bond donors (Lipinski definition) is 1. The van der Waals surface area contributed by atoms with E-state index in [4.69, 9.17) is 16.3 Å². The second kappa shape index (κ2) is 7.45. The van der Waals surface area contributed by atoms with Gasteiger partial charge in [0.2, 0.25) is 0 Å². The Hall–Kier alpha value is -3.05. The molecule has 1 aliphatic heterocycles. The molecule has 0 unspecified atom stereocenters. The van der Waals surface area contributed by atoms with E-state index >= 15 is 0 Å². The van der Waals surface area contributed by atoms with Gasteiger partial charge in [-0.15, -0.1) is 6.58 Å². The van der Waals surface area contributed by atoms with Crippen LogP contribution in [0.1, 0.15) is 5.56 Å². The summed E-state index contributed by atoms with van der Waals surface area (Å²) in [5, 5.41) is 3.62. The lowest BCUT2D eigenvalue weighted by atomic mass is 10.0. The van der Waals surface area contributed by atoms with Crippen molar-refractivity contribution in [2.45, 2.75) is 0 Å². The average Bonchev–Trinajstić information content (AvgIpc) is 2.88. The summed E-state index contributed by atoms with van der Waals surface area (Å²) in [6, 6.07) is 14.0. The Morgan fingerprint density at radius 2 is 1.81 bits per heavy atom. The van der Waals surface area contributed by atoms with Crippen LogP contribution in [0.15, 0.2) is 66.9 Å².